The van der Waals surface area contributed by atoms with Crippen molar-refractivity contribution >= 4 is 11.4 Å². The van der Waals surface area contributed by atoms with Crippen molar-refractivity contribution in [3.05, 3.63) is 24.5 Å². The molecule has 3 heteroatoms. The lowest BCUT2D eigenvalue weighted by molar-refractivity contribution is 0.235. The van der Waals surface area contributed by atoms with Crippen molar-refractivity contribution in [3.8, 4) is 0 Å². The number of nitrogens with one attached hydrogen (secondary N) is 2. The quantitative estimate of drug-likeness (QED) is 0.585. The largest absolute Gasteiger partial charge is 0.491 e. The fraction of sp³-hybridized carbons (Fsp3) is 0.250. The summed E-state index contributed by atoms with van der Waals surface area (Å²) in [6.07, 6.45) is 3.70. The minimum atomic E-state index is 0.177. The zero-order chi connectivity index (χ0) is 8.27. The van der Waals surface area contributed by atoms with E-state index in [1.54, 1.807) is 12.2 Å². The molecule has 58 valence electrons. The molecule has 1 aliphatic heterocycles. The Labute approximate surface area is 65.4 Å². The van der Waals surface area contributed by atoms with Crippen molar-refractivity contribution in [1.82, 2.24) is 0 Å². The summed E-state index contributed by atoms with van der Waals surface area (Å²) in [6, 6.07) is 0. The van der Waals surface area contributed by atoms with Gasteiger partial charge in [0.2, 0.25) is 0 Å². The Morgan fingerprint density at radius 1 is 1.45 bits per heavy atom. The van der Waals surface area contributed by atoms with Gasteiger partial charge in [-0.3, -0.25) is 5.41 Å². The molecule has 0 atom stereocenters. The minimum absolute atomic E-state index is 0.177. The van der Waals surface area contributed by atoms with E-state index >= 15 is 0 Å². The molecular weight excluding hydrogens is 140 g/mol. The molecule has 1 heterocycles. The van der Waals surface area contributed by atoms with Crippen LogP contribution in [-0.4, -0.2) is 18.0 Å². The van der Waals surface area contributed by atoms with Gasteiger partial charge in [0, 0.05) is 6.42 Å². The van der Waals surface area contributed by atoms with E-state index in [1.165, 1.54) is 0 Å². The molecule has 0 amide bonds. The molecule has 0 bridgehead atoms. The van der Waals surface area contributed by atoms with Crippen LogP contribution in [0.25, 0.3) is 0 Å². The Morgan fingerprint density at radius 3 is 2.82 bits per heavy atom. The maximum absolute atomic E-state index is 7.39. The molecule has 0 aromatic carbocycles. The standard InChI is InChI=1S/C8H10N2O/c1-2-3-7-8(10)6(9)4-5-11-7/h2-3,9-10H,1,4-5H2/b7-3+,9-6?,10-8?. The van der Waals surface area contributed by atoms with Gasteiger partial charge in [0.15, 0.2) is 0 Å². The Balaban J connectivity index is 2.81. The van der Waals surface area contributed by atoms with Gasteiger partial charge in [0.05, 0.1) is 12.3 Å². The van der Waals surface area contributed by atoms with Crippen molar-refractivity contribution < 1.29 is 4.74 Å². The first kappa shape index (κ1) is 7.72. The Morgan fingerprint density at radius 2 is 2.18 bits per heavy atom. The monoisotopic (exact) mass is 150 g/mol. The van der Waals surface area contributed by atoms with E-state index in [0.717, 1.165) is 0 Å². The summed E-state index contributed by atoms with van der Waals surface area (Å²) in [7, 11) is 0. The van der Waals surface area contributed by atoms with Crippen LogP contribution in [0.4, 0.5) is 0 Å². The van der Waals surface area contributed by atoms with Crippen LogP contribution in [0.2, 0.25) is 0 Å². The van der Waals surface area contributed by atoms with Crippen LogP contribution in [0.15, 0.2) is 24.5 Å². The van der Waals surface area contributed by atoms with Crippen LogP contribution < -0.4 is 0 Å². The molecule has 0 saturated carbocycles. The maximum Gasteiger partial charge on any atom is 0.146 e. The van der Waals surface area contributed by atoms with Gasteiger partial charge in [-0.25, -0.2) is 0 Å². The van der Waals surface area contributed by atoms with E-state index < -0.39 is 0 Å². The molecule has 0 radical (unpaired) electrons. The fourth-order valence-corrected chi connectivity index (χ4v) is 0.847. The second kappa shape index (κ2) is 3.14. The predicted molar refractivity (Wildman–Crippen MR) is 44.3 cm³/mol. The van der Waals surface area contributed by atoms with Gasteiger partial charge in [0.25, 0.3) is 0 Å². The maximum atomic E-state index is 7.39. The first-order valence-corrected chi connectivity index (χ1v) is 3.38. The van der Waals surface area contributed by atoms with Crippen molar-refractivity contribution in [2.75, 3.05) is 6.61 Å². The van der Waals surface area contributed by atoms with Crippen molar-refractivity contribution in [2.45, 2.75) is 6.42 Å². The molecule has 2 N–H and O–H groups in total. The summed E-state index contributed by atoms with van der Waals surface area (Å²) in [4.78, 5) is 0. The number of hydrogen-bond acceptors (Lipinski definition) is 3. The summed E-state index contributed by atoms with van der Waals surface area (Å²) in [5, 5.41) is 14.7. The van der Waals surface area contributed by atoms with Crippen molar-refractivity contribution in [3.63, 3.8) is 0 Å². The van der Waals surface area contributed by atoms with E-state index in [9.17, 15) is 0 Å². The highest BCUT2D eigenvalue weighted by Gasteiger charge is 2.16. The van der Waals surface area contributed by atoms with Crippen molar-refractivity contribution in [1.29, 1.82) is 10.8 Å². The third kappa shape index (κ3) is 1.55. The summed E-state index contributed by atoms with van der Waals surface area (Å²) in [6.45, 7) is 3.99. The Kier molecular flexibility index (Phi) is 2.21. The molecule has 0 aromatic heterocycles. The predicted octanol–water partition coefficient (Wildman–Crippen LogP) is 1.52. The van der Waals surface area contributed by atoms with Gasteiger partial charge in [-0.2, -0.15) is 0 Å². The minimum Gasteiger partial charge on any atom is -0.491 e. The van der Waals surface area contributed by atoms with E-state index in [1.807, 2.05) is 0 Å². The van der Waals surface area contributed by atoms with E-state index in [-0.39, 0.29) is 5.71 Å². The zero-order valence-corrected chi connectivity index (χ0v) is 6.18. The highest BCUT2D eigenvalue weighted by molar-refractivity contribution is 6.46. The SMILES string of the molecule is C=C/C=C1/OCCC(=N)C1=N. The van der Waals surface area contributed by atoms with Crippen LogP contribution in [-0.2, 0) is 4.74 Å². The topological polar surface area (TPSA) is 56.9 Å². The molecule has 1 saturated heterocycles. The molecule has 1 aliphatic rings. The Bertz CT molecular complexity index is 240. The smallest absolute Gasteiger partial charge is 0.146 e. The summed E-state index contributed by atoms with van der Waals surface area (Å²) >= 11 is 0. The molecule has 11 heavy (non-hydrogen) atoms. The van der Waals surface area contributed by atoms with Gasteiger partial charge in [-0.1, -0.05) is 12.7 Å². The lowest BCUT2D eigenvalue weighted by Crippen LogP contribution is -2.24. The molecule has 1 rings (SSSR count). The molecule has 0 unspecified atom stereocenters. The summed E-state index contributed by atoms with van der Waals surface area (Å²) in [5.41, 5.74) is 0.514. The average molecular weight is 150 g/mol. The van der Waals surface area contributed by atoms with Gasteiger partial charge in [-0.05, 0) is 6.08 Å². The van der Waals surface area contributed by atoms with Crippen LogP contribution in [0.3, 0.4) is 0 Å². The molecule has 0 spiro atoms. The van der Waals surface area contributed by atoms with Crippen LogP contribution in [0.1, 0.15) is 6.42 Å². The molecule has 1 fully saturated rings. The second-order valence-electron chi connectivity index (χ2n) is 2.22. The second-order valence-corrected chi connectivity index (χ2v) is 2.22. The first-order valence-electron chi connectivity index (χ1n) is 3.38. The molecule has 0 aliphatic carbocycles. The molecule has 0 aromatic rings. The third-order valence-corrected chi connectivity index (χ3v) is 1.43. The number of rotatable bonds is 1. The fourth-order valence-electron chi connectivity index (χ4n) is 0.847. The Hall–Kier alpha value is -1.38. The van der Waals surface area contributed by atoms with Gasteiger partial charge in [-0.15, -0.1) is 0 Å². The van der Waals surface area contributed by atoms with Gasteiger partial charge < -0.3 is 10.1 Å². The molecule has 3 nitrogen and oxygen atoms in total. The number of ether oxygens (including phenoxy) is 1. The van der Waals surface area contributed by atoms with Gasteiger partial charge >= 0.3 is 0 Å². The average Bonchev–Trinajstić information content (AvgIpc) is 1.99. The summed E-state index contributed by atoms with van der Waals surface area (Å²) in [5.74, 6) is 0.455. The van der Waals surface area contributed by atoms with E-state index in [0.29, 0.717) is 24.5 Å². The zero-order valence-electron chi connectivity index (χ0n) is 6.18. The lowest BCUT2D eigenvalue weighted by Gasteiger charge is -2.17. The number of hydrogen-bond donors (Lipinski definition) is 2. The first-order chi connectivity index (χ1) is 5.25. The van der Waals surface area contributed by atoms with E-state index in [2.05, 4.69) is 6.58 Å². The number of allylic oxidation sites excluding steroid dienone is 3. The molecular formula is C8H10N2O. The van der Waals surface area contributed by atoms with Gasteiger partial charge in [0.1, 0.15) is 11.5 Å². The highest BCUT2D eigenvalue weighted by atomic mass is 16.5. The highest BCUT2D eigenvalue weighted by Crippen LogP contribution is 2.09. The summed E-state index contributed by atoms with van der Waals surface area (Å²) < 4.78 is 5.13. The van der Waals surface area contributed by atoms with Crippen molar-refractivity contribution in [2.24, 2.45) is 0 Å². The lowest BCUT2D eigenvalue weighted by atomic mass is 10.1. The van der Waals surface area contributed by atoms with Crippen LogP contribution in [0.5, 0.6) is 0 Å². The van der Waals surface area contributed by atoms with E-state index in [4.69, 9.17) is 15.6 Å². The third-order valence-electron chi connectivity index (χ3n) is 1.43. The van der Waals surface area contributed by atoms with Crippen LogP contribution >= 0.6 is 0 Å². The normalized spacial score (nSPS) is 21.6. The van der Waals surface area contributed by atoms with Crippen LogP contribution in [0, 0.1) is 10.8 Å².